The summed E-state index contributed by atoms with van der Waals surface area (Å²) in [4.78, 5) is 0.163. The van der Waals surface area contributed by atoms with E-state index in [0.717, 1.165) is 10.0 Å². The summed E-state index contributed by atoms with van der Waals surface area (Å²) in [6, 6.07) is 14.1. The van der Waals surface area contributed by atoms with Crippen LogP contribution in [0, 0.1) is 0 Å². The van der Waals surface area contributed by atoms with Gasteiger partial charge >= 0.3 is 0 Å². The zero-order valence-corrected chi connectivity index (χ0v) is 13.7. The summed E-state index contributed by atoms with van der Waals surface area (Å²) in [6.07, 6.45) is -0.378. The number of hydrogen-bond donors (Lipinski definition) is 1. The average Bonchev–Trinajstić information content (AvgIpc) is 2.53. The second kappa shape index (κ2) is 5.44. The Morgan fingerprint density at radius 2 is 1.86 bits per heavy atom. The monoisotopic (exact) mass is 367 g/mol. The molecule has 21 heavy (non-hydrogen) atoms. The molecule has 2 aromatic carbocycles. The van der Waals surface area contributed by atoms with E-state index in [1.807, 2.05) is 30.3 Å². The topological polar surface area (TPSA) is 55.4 Å². The number of halogens is 1. The van der Waals surface area contributed by atoms with Crippen LogP contribution >= 0.6 is 15.9 Å². The second-order valence-corrected chi connectivity index (χ2v) is 7.55. The Labute approximate surface area is 132 Å². The summed E-state index contributed by atoms with van der Waals surface area (Å²) in [6.45, 7) is 1.80. The number of hydrogen-bond acceptors (Lipinski definition) is 3. The molecule has 1 aliphatic rings. The quantitative estimate of drug-likeness (QED) is 0.841. The Balaban J connectivity index is 2.12. The van der Waals surface area contributed by atoms with Crippen LogP contribution in [0.25, 0.3) is 0 Å². The zero-order chi connectivity index (χ0) is 15.0. The van der Waals surface area contributed by atoms with Crippen molar-refractivity contribution in [1.29, 1.82) is 0 Å². The van der Waals surface area contributed by atoms with Gasteiger partial charge in [0.1, 0.15) is 16.7 Å². The summed E-state index contributed by atoms with van der Waals surface area (Å²) in [5.74, 6) is 0.357. The summed E-state index contributed by atoms with van der Waals surface area (Å²) < 4.78 is 34.2. The maximum Gasteiger partial charge on any atom is 0.244 e. The van der Waals surface area contributed by atoms with Gasteiger partial charge in [-0.25, -0.2) is 13.1 Å². The lowest BCUT2D eigenvalue weighted by atomic mass is 10.0. The molecule has 0 aliphatic carbocycles. The molecule has 6 heteroatoms. The highest BCUT2D eigenvalue weighted by Gasteiger charge is 2.33. The van der Waals surface area contributed by atoms with Crippen LogP contribution in [0.2, 0.25) is 0 Å². The van der Waals surface area contributed by atoms with Gasteiger partial charge in [0.2, 0.25) is 10.0 Å². The molecule has 0 amide bonds. The molecule has 0 unspecified atom stereocenters. The molecule has 1 N–H and O–H groups in total. The van der Waals surface area contributed by atoms with Crippen molar-refractivity contribution in [2.75, 3.05) is 0 Å². The standard InChI is InChI=1S/C15H14BrNO3S/c1-10-15(11-5-3-2-4-6-11)20-13-9-12(16)7-8-14(13)21(18,19)17-10/h2-10,15,17H,1H3/t10-,15-/m1/s1. The van der Waals surface area contributed by atoms with Crippen LogP contribution in [0.1, 0.15) is 18.6 Å². The van der Waals surface area contributed by atoms with Gasteiger partial charge in [0.25, 0.3) is 0 Å². The highest BCUT2D eigenvalue weighted by molar-refractivity contribution is 9.10. The third-order valence-corrected chi connectivity index (χ3v) is 5.46. The predicted octanol–water partition coefficient (Wildman–Crippen LogP) is 3.25. The van der Waals surface area contributed by atoms with Crippen molar-refractivity contribution in [2.24, 2.45) is 0 Å². The van der Waals surface area contributed by atoms with Gasteiger partial charge in [-0.05, 0) is 30.7 Å². The van der Waals surface area contributed by atoms with E-state index in [1.54, 1.807) is 25.1 Å². The summed E-state index contributed by atoms with van der Waals surface area (Å²) in [5.41, 5.74) is 0.931. The third-order valence-electron chi connectivity index (χ3n) is 3.37. The van der Waals surface area contributed by atoms with E-state index in [-0.39, 0.29) is 17.0 Å². The normalized spacial score (nSPS) is 23.7. The highest BCUT2D eigenvalue weighted by atomic mass is 79.9. The molecule has 0 spiro atoms. The van der Waals surface area contributed by atoms with E-state index in [4.69, 9.17) is 4.74 Å². The first kappa shape index (κ1) is 14.6. The maximum absolute atomic E-state index is 12.4. The van der Waals surface area contributed by atoms with Crippen LogP contribution in [0.3, 0.4) is 0 Å². The number of nitrogens with one attached hydrogen (secondary N) is 1. The molecule has 4 nitrogen and oxygen atoms in total. The third kappa shape index (κ3) is 2.84. The largest absolute Gasteiger partial charge is 0.483 e. The molecule has 0 saturated carbocycles. The lowest BCUT2D eigenvalue weighted by Gasteiger charge is -2.22. The van der Waals surface area contributed by atoms with E-state index >= 15 is 0 Å². The first-order chi connectivity index (χ1) is 9.97. The summed E-state index contributed by atoms with van der Waals surface area (Å²) in [5, 5.41) is 0. The van der Waals surface area contributed by atoms with Crippen LogP contribution < -0.4 is 9.46 Å². The highest BCUT2D eigenvalue weighted by Crippen LogP contribution is 2.35. The smallest absolute Gasteiger partial charge is 0.244 e. The van der Waals surface area contributed by atoms with Crippen LogP contribution in [-0.2, 0) is 10.0 Å². The minimum absolute atomic E-state index is 0.163. The van der Waals surface area contributed by atoms with E-state index < -0.39 is 10.0 Å². The molecule has 0 fully saturated rings. The molecule has 0 bridgehead atoms. The fraction of sp³-hybridized carbons (Fsp3) is 0.200. The molecule has 2 aromatic rings. The van der Waals surface area contributed by atoms with Gasteiger partial charge in [0.05, 0.1) is 6.04 Å². The van der Waals surface area contributed by atoms with E-state index in [1.165, 1.54) is 0 Å². The van der Waals surface area contributed by atoms with Gasteiger partial charge in [-0.3, -0.25) is 0 Å². The lowest BCUT2D eigenvalue weighted by molar-refractivity contribution is 0.173. The van der Waals surface area contributed by atoms with E-state index in [2.05, 4.69) is 20.7 Å². The Hall–Kier alpha value is -1.37. The number of benzene rings is 2. The molecular formula is C15H14BrNO3S. The van der Waals surface area contributed by atoms with Crippen molar-refractivity contribution in [2.45, 2.75) is 24.0 Å². The number of rotatable bonds is 1. The molecule has 1 heterocycles. The van der Waals surface area contributed by atoms with Gasteiger partial charge in [-0.2, -0.15) is 0 Å². The fourth-order valence-corrected chi connectivity index (χ4v) is 4.10. The molecule has 0 saturated heterocycles. The number of sulfonamides is 1. The van der Waals surface area contributed by atoms with Crippen LogP contribution in [0.15, 0.2) is 57.9 Å². The Morgan fingerprint density at radius 1 is 1.14 bits per heavy atom. The van der Waals surface area contributed by atoms with Gasteiger partial charge in [0.15, 0.2) is 0 Å². The van der Waals surface area contributed by atoms with Crippen molar-refractivity contribution in [3.63, 3.8) is 0 Å². The second-order valence-electron chi connectivity index (χ2n) is 4.95. The van der Waals surface area contributed by atoms with Crippen molar-refractivity contribution in [3.8, 4) is 5.75 Å². The Kier molecular flexibility index (Phi) is 3.77. The first-order valence-electron chi connectivity index (χ1n) is 6.51. The number of ether oxygens (including phenoxy) is 1. The Morgan fingerprint density at radius 3 is 2.57 bits per heavy atom. The zero-order valence-electron chi connectivity index (χ0n) is 11.3. The molecule has 0 aromatic heterocycles. The SMILES string of the molecule is C[C@H]1NS(=O)(=O)c2ccc(Br)cc2O[C@H]1c1ccccc1. The van der Waals surface area contributed by atoms with E-state index in [0.29, 0.717) is 5.75 Å². The van der Waals surface area contributed by atoms with Gasteiger partial charge in [0, 0.05) is 4.47 Å². The molecule has 3 rings (SSSR count). The lowest BCUT2D eigenvalue weighted by Crippen LogP contribution is -2.36. The van der Waals surface area contributed by atoms with Crippen LogP contribution in [-0.4, -0.2) is 14.5 Å². The van der Waals surface area contributed by atoms with Crippen molar-refractivity contribution in [1.82, 2.24) is 4.72 Å². The molecule has 1 aliphatic heterocycles. The van der Waals surface area contributed by atoms with Gasteiger partial charge in [-0.15, -0.1) is 0 Å². The van der Waals surface area contributed by atoms with Crippen molar-refractivity contribution < 1.29 is 13.2 Å². The maximum atomic E-state index is 12.4. The predicted molar refractivity (Wildman–Crippen MR) is 83.7 cm³/mol. The Bertz CT molecular complexity index is 762. The van der Waals surface area contributed by atoms with Crippen molar-refractivity contribution in [3.05, 3.63) is 58.6 Å². The number of fused-ring (bicyclic) bond motifs is 1. The van der Waals surface area contributed by atoms with Crippen molar-refractivity contribution >= 4 is 26.0 Å². The molecule has 110 valence electrons. The summed E-state index contributed by atoms with van der Waals surface area (Å²) >= 11 is 3.35. The average molecular weight is 368 g/mol. The minimum Gasteiger partial charge on any atom is -0.483 e. The minimum atomic E-state index is -3.58. The fourth-order valence-electron chi connectivity index (χ4n) is 2.40. The van der Waals surface area contributed by atoms with Gasteiger partial charge in [-0.1, -0.05) is 46.3 Å². The van der Waals surface area contributed by atoms with Crippen LogP contribution in [0.5, 0.6) is 5.75 Å². The van der Waals surface area contributed by atoms with E-state index in [9.17, 15) is 8.42 Å². The molecular weight excluding hydrogens is 354 g/mol. The molecule has 0 radical (unpaired) electrons. The summed E-state index contributed by atoms with van der Waals surface area (Å²) in [7, 11) is -3.58. The van der Waals surface area contributed by atoms with Gasteiger partial charge < -0.3 is 4.74 Å². The first-order valence-corrected chi connectivity index (χ1v) is 8.78. The molecule has 2 atom stereocenters. The van der Waals surface area contributed by atoms with Crippen LogP contribution in [0.4, 0.5) is 0 Å².